The fourth-order valence-electron chi connectivity index (χ4n) is 3.58. The van der Waals surface area contributed by atoms with Crippen LogP contribution >= 0.6 is 66.7 Å². The number of nitrogens with zero attached hydrogens (tertiary/aromatic N) is 2. The van der Waals surface area contributed by atoms with Crippen molar-refractivity contribution < 1.29 is 9.47 Å². The van der Waals surface area contributed by atoms with Crippen LogP contribution in [0.5, 0.6) is 11.5 Å². The van der Waals surface area contributed by atoms with Gasteiger partial charge in [0, 0.05) is 32.7 Å². The maximum absolute atomic E-state index is 5.90. The number of thioether (sulfide) groups is 2. The lowest BCUT2D eigenvalue weighted by atomic mass is 10.1. The maximum Gasteiger partial charge on any atom is 0.135 e. The topological polar surface area (TPSA) is 24.9 Å². The Morgan fingerprint density at radius 1 is 0.647 bits per heavy atom. The van der Waals surface area contributed by atoms with Gasteiger partial charge in [-0.3, -0.25) is 0 Å². The molecule has 0 aliphatic carbocycles. The van der Waals surface area contributed by atoms with Gasteiger partial charge >= 0.3 is 0 Å². The Hall–Kier alpha value is 0.0600. The van der Waals surface area contributed by atoms with E-state index < -0.39 is 0 Å². The van der Waals surface area contributed by atoms with Crippen LogP contribution in [-0.4, -0.2) is 77.8 Å². The molecule has 0 bridgehead atoms. The van der Waals surface area contributed by atoms with Crippen molar-refractivity contribution in [3.8, 4) is 11.5 Å². The van der Waals surface area contributed by atoms with Crippen molar-refractivity contribution in [1.82, 2.24) is 9.80 Å². The van der Waals surface area contributed by atoms with E-state index in [0.29, 0.717) is 0 Å². The first-order chi connectivity index (χ1) is 16.3. The van der Waals surface area contributed by atoms with E-state index in [1.807, 2.05) is 43.2 Å². The minimum Gasteiger partial charge on any atom is -0.495 e. The Bertz CT molecular complexity index is 921. The molecule has 0 fully saturated rings. The molecule has 0 radical (unpaired) electrons. The lowest BCUT2D eigenvalue weighted by Gasteiger charge is -2.25. The number of hydrogen-bond donors (Lipinski definition) is 0. The Morgan fingerprint density at radius 3 is 1.29 bits per heavy atom. The summed E-state index contributed by atoms with van der Waals surface area (Å²) in [5.41, 5.74) is 2.83. The quantitative estimate of drug-likeness (QED) is 0.213. The van der Waals surface area contributed by atoms with E-state index in [2.05, 4.69) is 62.6 Å². The van der Waals surface area contributed by atoms with Crippen LogP contribution < -0.4 is 9.47 Å². The predicted molar refractivity (Wildman–Crippen MR) is 157 cm³/mol. The van der Waals surface area contributed by atoms with Crippen LogP contribution in [0.2, 0.25) is 0 Å². The Balaban J connectivity index is 2.13. The van der Waals surface area contributed by atoms with E-state index in [1.54, 1.807) is 37.7 Å². The summed E-state index contributed by atoms with van der Waals surface area (Å²) < 4.78 is 11.8. The number of rotatable bonds is 10. The van der Waals surface area contributed by atoms with Crippen molar-refractivity contribution >= 4 is 66.7 Å². The SMILES string of the molecule is COc1cc(SC)c(CCN(C)C)c2c1SSc1c(CCN(C)C)c(SC)cc(OC)c1SS2. The van der Waals surface area contributed by atoms with Crippen LogP contribution in [0.15, 0.2) is 41.5 Å². The predicted octanol–water partition coefficient (Wildman–Crippen LogP) is 7.27. The van der Waals surface area contributed by atoms with Gasteiger partial charge in [0.15, 0.2) is 0 Å². The van der Waals surface area contributed by atoms with Gasteiger partial charge in [0.25, 0.3) is 0 Å². The molecule has 2 aromatic rings. The molecule has 2 aromatic carbocycles. The molecule has 1 aliphatic heterocycles. The zero-order chi connectivity index (χ0) is 24.8. The molecule has 34 heavy (non-hydrogen) atoms. The smallest absolute Gasteiger partial charge is 0.135 e. The third-order valence-corrected chi connectivity index (χ3v) is 12.4. The highest BCUT2D eigenvalue weighted by molar-refractivity contribution is 8.79. The molecular weight excluding hydrogens is 541 g/mol. The first kappa shape index (κ1) is 28.6. The summed E-state index contributed by atoms with van der Waals surface area (Å²) in [5, 5.41) is 0. The second-order valence-electron chi connectivity index (χ2n) is 8.28. The van der Waals surface area contributed by atoms with E-state index in [-0.39, 0.29) is 0 Å². The van der Waals surface area contributed by atoms with Crippen molar-refractivity contribution in [2.24, 2.45) is 0 Å². The van der Waals surface area contributed by atoms with Crippen LogP contribution in [0.1, 0.15) is 11.1 Å². The minimum absolute atomic E-state index is 0.963. The highest BCUT2D eigenvalue weighted by Gasteiger charge is 2.27. The molecule has 0 unspecified atom stereocenters. The summed E-state index contributed by atoms with van der Waals surface area (Å²) in [5.74, 6) is 1.93. The van der Waals surface area contributed by atoms with Crippen molar-refractivity contribution in [3.63, 3.8) is 0 Å². The van der Waals surface area contributed by atoms with Gasteiger partial charge in [-0.05, 0) is 98.4 Å². The van der Waals surface area contributed by atoms with E-state index in [0.717, 1.165) is 37.4 Å². The van der Waals surface area contributed by atoms with Gasteiger partial charge in [-0.25, -0.2) is 0 Å². The lowest BCUT2D eigenvalue weighted by molar-refractivity contribution is 0.396. The molecule has 3 rings (SSSR count). The van der Waals surface area contributed by atoms with Gasteiger partial charge in [-0.15, -0.1) is 23.5 Å². The molecule has 0 spiro atoms. The van der Waals surface area contributed by atoms with Crippen LogP contribution in [0.3, 0.4) is 0 Å². The third-order valence-electron chi connectivity index (χ3n) is 5.44. The van der Waals surface area contributed by atoms with E-state index in [4.69, 9.17) is 9.47 Å². The highest BCUT2D eigenvalue weighted by atomic mass is 33.1. The van der Waals surface area contributed by atoms with Gasteiger partial charge in [0.05, 0.1) is 24.0 Å². The van der Waals surface area contributed by atoms with Gasteiger partial charge in [-0.2, -0.15) is 0 Å². The third kappa shape index (κ3) is 6.68. The summed E-state index contributed by atoms with van der Waals surface area (Å²) in [4.78, 5) is 12.2. The second-order valence-corrected chi connectivity index (χ2v) is 14.3. The molecule has 4 nitrogen and oxygen atoms in total. The molecule has 10 heteroatoms. The normalized spacial score (nSPS) is 13.5. The number of hydrogen-bond acceptors (Lipinski definition) is 10. The van der Waals surface area contributed by atoms with E-state index >= 15 is 0 Å². The standard InChI is InChI=1S/C24H34N2O2S6/c1-25(2)11-9-15-19(29-7)13-17(27-5)23-21(15)31-34-24-18(28-6)14-20(30-8)16(10-12-26(3)4)22(24)32-33-23/h13-14H,9-12H2,1-8H3. The average molecular weight is 575 g/mol. The summed E-state index contributed by atoms with van der Waals surface area (Å²) in [6.07, 6.45) is 6.33. The molecule has 0 N–H and O–H groups in total. The van der Waals surface area contributed by atoms with Crippen molar-refractivity contribution in [2.45, 2.75) is 42.2 Å². The summed E-state index contributed by atoms with van der Waals surface area (Å²) >= 11 is 3.60. The summed E-state index contributed by atoms with van der Waals surface area (Å²) in [7, 11) is 19.5. The van der Waals surface area contributed by atoms with Gasteiger partial charge in [-0.1, -0.05) is 21.6 Å². The molecule has 0 aromatic heterocycles. The van der Waals surface area contributed by atoms with Gasteiger partial charge in [0.1, 0.15) is 11.5 Å². The molecular formula is C24H34N2O2S6. The fraction of sp³-hybridized carbons (Fsp3) is 0.500. The zero-order valence-corrected chi connectivity index (χ0v) is 26.0. The van der Waals surface area contributed by atoms with Crippen LogP contribution in [0, 0.1) is 0 Å². The number of benzene rings is 2. The fourth-order valence-corrected chi connectivity index (χ4v) is 11.4. The van der Waals surface area contributed by atoms with Crippen LogP contribution in [-0.2, 0) is 12.8 Å². The maximum atomic E-state index is 5.90. The molecule has 1 aliphatic rings. The number of fused-ring (bicyclic) bond motifs is 2. The number of likely N-dealkylation sites (N-methyl/N-ethyl adjacent to an activating group) is 2. The van der Waals surface area contributed by atoms with Crippen molar-refractivity contribution in [2.75, 3.05) is 68.0 Å². The number of methoxy groups -OCH3 is 2. The Kier molecular flexibility index (Phi) is 11.4. The number of ether oxygens (including phenoxy) is 2. The van der Waals surface area contributed by atoms with E-state index in [9.17, 15) is 0 Å². The highest BCUT2D eigenvalue weighted by Crippen LogP contribution is 2.60. The lowest BCUT2D eigenvalue weighted by Crippen LogP contribution is -2.16. The van der Waals surface area contributed by atoms with Crippen LogP contribution in [0.25, 0.3) is 0 Å². The molecule has 188 valence electrons. The van der Waals surface area contributed by atoms with E-state index in [1.165, 1.54) is 40.5 Å². The largest absolute Gasteiger partial charge is 0.495 e. The molecule has 0 atom stereocenters. The summed E-state index contributed by atoms with van der Waals surface area (Å²) in [6, 6.07) is 4.45. The Labute approximate surface area is 229 Å². The first-order valence-corrected chi connectivity index (χ1v) is 17.6. The van der Waals surface area contributed by atoms with Gasteiger partial charge < -0.3 is 19.3 Å². The monoisotopic (exact) mass is 574 g/mol. The zero-order valence-electron chi connectivity index (χ0n) is 21.1. The minimum atomic E-state index is 0.963. The second kappa shape index (κ2) is 13.6. The first-order valence-electron chi connectivity index (χ1n) is 10.9. The van der Waals surface area contributed by atoms with Crippen LogP contribution in [0.4, 0.5) is 0 Å². The average Bonchev–Trinajstić information content (AvgIpc) is 2.81. The van der Waals surface area contributed by atoms with Crippen molar-refractivity contribution in [3.05, 3.63) is 23.3 Å². The van der Waals surface area contributed by atoms with Gasteiger partial charge in [0.2, 0.25) is 0 Å². The summed E-state index contributed by atoms with van der Waals surface area (Å²) in [6.45, 7) is 2.03. The molecule has 0 saturated carbocycles. The van der Waals surface area contributed by atoms with Crippen molar-refractivity contribution in [1.29, 1.82) is 0 Å². The molecule has 1 heterocycles. The Morgan fingerprint density at radius 2 is 1.00 bits per heavy atom. The molecule has 0 amide bonds. The molecule has 0 saturated heterocycles.